The first-order valence-electron chi connectivity index (χ1n) is 11.0. The van der Waals surface area contributed by atoms with Gasteiger partial charge in [0.25, 0.3) is 5.91 Å². The van der Waals surface area contributed by atoms with Crippen LogP contribution in [0.25, 0.3) is 22.6 Å². The van der Waals surface area contributed by atoms with Crippen LogP contribution < -0.4 is 5.32 Å². The van der Waals surface area contributed by atoms with E-state index in [9.17, 15) is 9.59 Å². The molecule has 1 aromatic heterocycles. The molecule has 0 radical (unpaired) electrons. The smallest absolute Gasteiger partial charge is 0.256 e. The van der Waals surface area contributed by atoms with Crippen molar-refractivity contribution in [3.63, 3.8) is 0 Å². The van der Waals surface area contributed by atoms with Crippen molar-refractivity contribution >= 4 is 40.1 Å². The fourth-order valence-electron chi connectivity index (χ4n) is 5.10. The molecule has 2 aliphatic rings. The Bertz CT molecular complexity index is 1200. The molecule has 1 saturated heterocycles. The third-order valence-electron chi connectivity index (χ3n) is 6.62. The number of nitrogens with zero attached hydrogens (tertiary/aromatic N) is 2. The minimum Gasteiger partial charge on any atom is -0.337 e. The molecule has 0 aliphatic carbocycles. The quantitative estimate of drug-likeness (QED) is 0.620. The molecule has 31 heavy (non-hydrogen) atoms. The van der Waals surface area contributed by atoms with Crippen LogP contribution in [-0.4, -0.2) is 33.4 Å². The van der Waals surface area contributed by atoms with Gasteiger partial charge in [-0.2, -0.15) is 0 Å². The Hall–Kier alpha value is -3.34. The van der Waals surface area contributed by atoms with Crippen molar-refractivity contribution < 1.29 is 9.59 Å². The van der Waals surface area contributed by atoms with E-state index in [-0.39, 0.29) is 23.9 Å². The zero-order valence-electron chi connectivity index (χ0n) is 18.0. The van der Waals surface area contributed by atoms with Gasteiger partial charge in [-0.1, -0.05) is 36.4 Å². The minimum absolute atomic E-state index is 0.0925. The zero-order chi connectivity index (χ0) is 21.5. The maximum absolute atomic E-state index is 13.2. The molecule has 2 amide bonds. The van der Waals surface area contributed by atoms with Gasteiger partial charge in [-0.05, 0) is 51.3 Å². The maximum Gasteiger partial charge on any atom is 0.256 e. The van der Waals surface area contributed by atoms with Crippen molar-refractivity contribution in [2.45, 2.75) is 51.7 Å². The highest BCUT2D eigenvalue weighted by atomic mass is 16.2. The monoisotopic (exact) mass is 413 g/mol. The molecule has 2 aromatic carbocycles. The fraction of sp³-hybridized carbons (Fsp3) is 0.308. The summed E-state index contributed by atoms with van der Waals surface area (Å²) >= 11 is 0. The first kappa shape index (κ1) is 19.6. The molecule has 158 valence electrons. The number of amides is 2. The highest BCUT2D eigenvalue weighted by Gasteiger charge is 2.29. The van der Waals surface area contributed by atoms with Gasteiger partial charge >= 0.3 is 0 Å². The second-order valence-electron chi connectivity index (χ2n) is 8.72. The van der Waals surface area contributed by atoms with Crippen molar-refractivity contribution in [1.29, 1.82) is 0 Å². The fourth-order valence-corrected chi connectivity index (χ4v) is 5.10. The van der Waals surface area contributed by atoms with Gasteiger partial charge in [0, 0.05) is 51.6 Å². The standard InChI is InChI=1S/C26H27N3O2/c1-17-8-7-9-18(2)29(17)25(30)16-28-15-19(20-10-4-6-13-24(20)28)14-22-21-11-3-5-12-23(21)27-26(22)31/h3-6,10-15,17-18H,7-9,16H2,1-2H3,(H,27,31)/b22-14+. The Kier molecular flexibility index (Phi) is 4.89. The molecule has 3 heterocycles. The van der Waals surface area contributed by atoms with Crippen LogP contribution >= 0.6 is 0 Å². The molecule has 5 nitrogen and oxygen atoms in total. The predicted molar refractivity (Wildman–Crippen MR) is 125 cm³/mol. The summed E-state index contributed by atoms with van der Waals surface area (Å²) in [7, 11) is 0. The number of hydrogen-bond donors (Lipinski definition) is 1. The lowest BCUT2D eigenvalue weighted by atomic mass is 9.97. The predicted octanol–water partition coefficient (Wildman–Crippen LogP) is 4.92. The van der Waals surface area contributed by atoms with Crippen molar-refractivity contribution in [2.24, 2.45) is 0 Å². The van der Waals surface area contributed by atoms with E-state index in [1.807, 2.05) is 65.4 Å². The topological polar surface area (TPSA) is 54.3 Å². The number of piperidine rings is 1. The Balaban J connectivity index is 1.52. The number of anilines is 1. The summed E-state index contributed by atoms with van der Waals surface area (Å²) in [5.41, 5.74) is 4.36. The van der Waals surface area contributed by atoms with E-state index in [0.29, 0.717) is 12.1 Å². The molecule has 2 aliphatic heterocycles. The largest absolute Gasteiger partial charge is 0.337 e. The SMILES string of the molecule is CC1CCCC(C)N1C(=O)Cn1cc(/C=C2/C(=O)Nc3ccccc32)c2ccccc21. The average Bonchev–Trinajstić information content (AvgIpc) is 3.26. The second-order valence-corrected chi connectivity index (χ2v) is 8.72. The molecule has 5 heteroatoms. The third kappa shape index (κ3) is 3.44. The van der Waals surface area contributed by atoms with E-state index in [1.165, 1.54) is 6.42 Å². The van der Waals surface area contributed by atoms with Gasteiger partial charge in [0.05, 0.1) is 0 Å². The lowest BCUT2D eigenvalue weighted by Gasteiger charge is -2.39. The van der Waals surface area contributed by atoms with Gasteiger partial charge in [-0.15, -0.1) is 0 Å². The zero-order valence-corrected chi connectivity index (χ0v) is 18.0. The number of fused-ring (bicyclic) bond motifs is 2. The van der Waals surface area contributed by atoms with E-state index in [1.54, 1.807) is 0 Å². The number of rotatable bonds is 3. The van der Waals surface area contributed by atoms with Crippen molar-refractivity contribution in [1.82, 2.24) is 9.47 Å². The summed E-state index contributed by atoms with van der Waals surface area (Å²) in [6, 6.07) is 16.4. The highest BCUT2D eigenvalue weighted by molar-refractivity contribution is 6.35. The van der Waals surface area contributed by atoms with Crippen LogP contribution in [0.2, 0.25) is 0 Å². The van der Waals surface area contributed by atoms with E-state index >= 15 is 0 Å². The Morgan fingerprint density at radius 3 is 2.58 bits per heavy atom. The van der Waals surface area contributed by atoms with Gasteiger partial charge in [-0.3, -0.25) is 9.59 Å². The lowest BCUT2D eigenvalue weighted by Crippen LogP contribution is -2.48. The molecule has 2 atom stereocenters. The molecular formula is C26H27N3O2. The molecule has 3 aromatic rings. The third-order valence-corrected chi connectivity index (χ3v) is 6.62. The lowest BCUT2D eigenvalue weighted by molar-refractivity contribution is -0.137. The van der Waals surface area contributed by atoms with Crippen molar-refractivity contribution in [2.75, 3.05) is 5.32 Å². The van der Waals surface area contributed by atoms with Crippen LogP contribution in [-0.2, 0) is 16.1 Å². The molecular weight excluding hydrogens is 386 g/mol. The molecule has 1 N–H and O–H groups in total. The van der Waals surface area contributed by atoms with Crippen LogP contribution in [0.15, 0.2) is 54.7 Å². The van der Waals surface area contributed by atoms with Gasteiger partial charge < -0.3 is 14.8 Å². The summed E-state index contributed by atoms with van der Waals surface area (Å²) in [5.74, 6) is 0.0636. The molecule has 1 fully saturated rings. The average molecular weight is 414 g/mol. The van der Waals surface area contributed by atoms with E-state index < -0.39 is 0 Å². The summed E-state index contributed by atoms with van der Waals surface area (Å²) in [5, 5.41) is 3.97. The van der Waals surface area contributed by atoms with Crippen LogP contribution in [0, 0.1) is 0 Å². The number of carbonyl (C=O) groups is 2. The summed E-state index contributed by atoms with van der Waals surface area (Å²) in [4.78, 5) is 27.9. The summed E-state index contributed by atoms with van der Waals surface area (Å²) < 4.78 is 2.02. The molecule has 0 bridgehead atoms. The van der Waals surface area contributed by atoms with E-state index in [0.717, 1.165) is 40.6 Å². The maximum atomic E-state index is 13.2. The Labute approximate surface area is 182 Å². The number of nitrogens with one attached hydrogen (secondary N) is 1. The van der Waals surface area contributed by atoms with Gasteiger partial charge in [0.1, 0.15) is 6.54 Å². The number of likely N-dealkylation sites (tertiary alicyclic amines) is 1. The number of carbonyl (C=O) groups excluding carboxylic acids is 2. The van der Waals surface area contributed by atoms with Gasteiger partial charge in [0.2, 0.25) is 5.91 Å². The van der Waals surface area contributed by atoms with Crippen LogP contribution in [0.3, 0.4) is 0 Å². The van der Waals surface area contributed by atoms with Crippen LogP contribution in [0.1, 0.15) is 44.2 Å². The molecule has 0 spiro atoms. The first-order chi connectivity index (χ1) is 15.0. The number of hydrogen-bond acceptors (Lipinski definition) is 2. The second kappa shape index (κ2) is 7.73. The van der Waals surface area contributed by atoms with Crippen LogP contribution in [0.4, 0.5) is 5.69 Å². The van der Waals surface area contributed by atoms with Crippen molar-refractivity contribution in [3.8, 4) is 0 Å². The highest BCUT2D eigenvalue weighted by Crippen LogP contribution is 2.34. The van der Waals surface area contributed by atoms with Crippen molar-refractivity contribution in [3.05, 3.63) is 65.9 Å². The summed E-state index contributed by atoms with van der Waals surface area (Å²) in [6.07, 6.45) is 7.25. The summed E-state index contributed by atoms with van der Waals surface area (Å²) in [6.45, 7) is 4.60. The van der Waals surface area contributed by atoms with Gasteiger partial charge in [0.15, 0.2) is 0 Å². The number of benzene rings is 2. The Morgan fingerprint density at radius 1 is 1.06 bits per heavy atom. The number of aromatic nitrogens is 1. The van der Waals surface area contributed by atoms with E-state index in [2.05, 4.69) is 24.1 Å². The normalized spacial score (nSPS) is 22.1. The van der Waals surface area contributed by atoms with Crippen LogP contribution in [0.5, 0.6) is 0 Å². The Morgan fingerprint density at radius 2 is 1.77 bits per heavy atom. The molecule has 2 unspecified atom stereocenters. The number of para-hydroxylation sites is 2. The molecule has 0 saturated carbocycles. The van der Waals surface area contributed by atoms with E-state index in [4.69, 9.17) is 0 Å². The minimum atomic E-state index is -0.0925. The molecule has 5 rings (SSSR count). The van der Waals surface area contributed by atoms with Gasteiger partial charge in [-0.25, -0.2) is 0 Å². The first-order valence-corrected chi connectivity index (χ1v) is 11.0.